The molecule has 7 heteroatoms. The molecule has 0 fully saturated rings. The first-order chi connectivity index (χ1) is 15.3. The van der Waals surface area contributed by atoms with Crippen molar-refractivity contribution in [2.75, 3.05) is 20.8 Å². The summed E-state index contributed by atoms with van der Waals surface area (Å²) >= 11 is 0. The van der Waals surface area contributed by atoms with Gasteiger partial charge >= 0.3 is 0 Å². The molecule has 0 unspecified atom stereocenters. The van der Waals surface area contributed by atoms with Gasteiger partial charge in [-0.3, -0.25) is 9.63 Å². The zero-order chi connectivity index (χ0) is 27.1. The smallest absolute Gasteiger partial charge is 0.251 e. The standard InChI is InChI=1S/C27H55NO4Si2/c1-20(2)34(21(3)4,22(5)6)32-25(24(8)26(29)28(12)30-13)17-16-23(7)18-19-31-33(14,15)27(9,10)11/h16-18,20-22,24-25H,19H2,1-15H3/b17-16+,23-18+/t24-,25+/m1/s1. The van der Waals surface area contributed by atoms with Gasteiger partial charge in [0.2, 0.25) is 8.32 Å². The zero-order valence-corrected chi connectivity index (χ0v) is 26.9. The van der Waals surface area contributed by atoms with Crippen LogP contribution in [0.3, 0.4) is 0 Å². The minimum atomic E-state index is -2.19. The second kappa shape index (κ2) is 13.5. The Morgan fingerprint density at radius 1 is 0.971 bits per heavy atom. The number of amides is 1. The third-order valence-corrected chi connectivity index (χ3v) is 18.3. The van der Waals surface area contributed by atoms with Gasteiger partial charge < -0.3 is 8.85 Å². The Morgan fingerprint density at radius 3 is 1.82 bits per heavy atom. The van der Waals surface area contributed by atoms with Gasteiger partial charge in [-0.05, 0) is 41.7 Å². The molecule has 2 atom stereocenters. The van der Waals surface area contributed by atoms with Crippen molar-refractivity contribution in [3.63, 3.8) is 0 Å². The lowest BCUT2D eigenvalue weighted by Crippen LogP contribution is -2.52. The summed E-state index contributed by atoms with van der Waals surface area (Å²) in [6.07, 6.45) is 5.95. The average molecular weight is 514 g/mol. The Hall–Kier alpha value is -0.736. The zero-order valence-electron chi connectivity index (χ0n) is 24.9. The SMILES string of the molecule is CON(C)C(=O)[C@H](C)[C@H](/C=C/C(C)=C/CO[Si](C)(C)C(C)(C)C)O[Si](C(C)C)(C(C)C)C(C)C. The van der Waals surface area contributed by atoms with Crippen molar-refractivity contribution in [2.24, 2.45) is 5.92 Å². The highest BCUT2D eigenvalue weighted by atomic mass is 28.4. The number of hydroxylamine groups is 2. The van der Waals surface area contributed by atoms with Crippen molar-refractivity contribution in [2.45, 2.75) is 117 Å². The van der Waals surface area contributed by atoms with Crippen LogP contribution in [0, 0.1) is 5.92 Å². The number of nitrogens with zero attached hydrogens (tertiary/aromatic N) is 1. The van der Waals surface area contributed by atoms with E-state index < -0.39 is 16.6 Å². The summed E-state index contributed by atoms with van der Waals surface area (Å²) < 4.78 is 13.4. The van der Waals surface area contributed by atoms with Gasteiger partial charge in [0.05, 0.1) is 25.7 Å². The summed E-state index contributed by atoms with van der Waals surface area (Å²) in [7, 11) is -0.808. The first-order valence-corrected chi connectivity index (χ1v) is 17.9. The molecule has 200 valence electrons. The summed E-state index contributed by atoms with van der Waals surface area (Å²) in [4.78, 5) is 18.2. The first kappa shape index (κ1) is 33.3. The molecule has 0 rings (SSSR count). The fraction of sp³-hybridized carbons (Fsp3) is 0.815. The minimum Gasteiger partial charge on any atom is -0.413 e. The van der Waals surface area contributed by atoms with Gasteiger partial charge in [0.15, 0.2) is 8.32 Å². The molecule has 5 nitrogen and oxygen atoms in total. The van der Waals surface area contributed by atoms with Crippen molar-refractivity contribution >= 4 is 22.5 Å². The Balaban J connectivity index is 5.98. The van der Waals surface area contributed by atoms with E-state index in [4.69, 9.17) is 13.7 Å². The van der Waals surface area contributed by atoms with Crippen molar-refractivity contribution in [3.05, 3.63) is 23.8 Å². The molecule has 0 spiro atoms. The monoisotopic (exact) mass is 513 g/mol. The highest BCUT2D eigenvalue weighted by Crippen LogP contribution is 2.44. The van der Waals surface area contributed by atoms with E-state index in [0.29, 0.717) is 23.2 Å². The maximum absolute atomic E-state index is 13.0. The first-order valence-electron chi connectivity index (χ1n) is 12.8. The molecule has 0 aliphatic carbocycles. The number of rotatable bonds is 13. The van der Waals surface area contributed by atoms with Gasteiger partial charge in [-0.1, -0.05) is 93.0 Å². The molecule has 34 heavy (non-hydrogen) atoms. The molecule has 0 aliphatic rings. The van der Waals surface area contributed by atoms with Crippen LogP contribution in [0.4, 0.5) is 0 Å². The second-order valence-corrected chi connectivity index (χ2v) is 22.3. The van der Waals surface area contributed by atoms with E-state index >= 15 is 0 Å². The normalized spacial score (nSPS) is 16.1. The van der Waals surface area contributed by atoms with Crippen LogP contribution < -0.4 is 0 Å². The lowest BCUT2D eigenvalue weighted by Gasteiger charge is -2.45. The number of carbonyl (C=O) groups excluding carboxylic acids is 1. The highest BCUT2D eigenvalue weighted by Gasteiger charge is 2.47. The number of hydrogen-bond donors (Lipinski definition) is 0. The fourth-order valence-electron chi connectivity index (χ4n) is 4.38. The molecular weight excluding hydrogens is 458 g/mol. The quantitative estimate of drug-likeness (QED) is 0.144. The van der Waals surface area contributed by atoms with Gasteiger partial charge in [-0.15, -0.1) is 0 Å². The summed E-state index contributed by atoms with van der Waals surface area (Å²) in [6, 6.07) is 0. The van der Waals surface area contributed by atoms with Crippen molar-refractivity contribution in [3.8, 4) is 0 Å². The van der Waals surface area contributed by atoms with Crippen LogP contribution in [0.25, 0.3) is 0 Å². The molecule has 0 heterocycles. The molecule has 0 aromatic rings. The maximum Gasteiger partial charge on any atom is 0.251 e. The summed E-state index contributed by atoms with van der Waals surface area (Å²) in [6.45, 7) is 29.5. The third kappa shape index (κ3) is 8.73. The van der Waals surface area contributed by atoms with E-state index in [2.05, 4.69) is 101 Å². The molecule has 0 aromatic carbocycles. The molecule has 0 radical (unpaired) electrons. The van der Waals surface area contributed by atoms with E-state index in [1.54, 1.807) is 7.05 Å². The third-order valence-electron chi connectivity index (χ3n) is 7.72. The van der Waals surface area contributed by atoms with Gasteiger partial charge in [0.1, 0.15) is 0 Å². The lowest BCUT2D eigenvalue weighted by atomic mass is 10.0. The number of allylic oxidation sites excluding steroid dienone is 2. The van der Waals surface area contributed by atoms with E-state index in [9.17, 15) is 4.79 Å². The molecule has 1 amide bonds. The van der Waals surface area contributed by atoms with Crippen LogP contribution in [0.1, 0.15) is 76.2 Å². The van der Waals surface area contributed by atoms with Crippen molar-refractivity contribution in [1.82, 2.24) is 5.06 Å². The Bertz CT molecular complexity index is 671. The fourth-order valence-corrected chi connectivity index (χ4v) is 10.9. The average Bonchev–Trinajstić information content (AvgIpc) is 2.70. The van der Waals surface area contributed by atoms with Crippen LogP contribution in [-0.4, -0.2) is 54.5 Å². The predicted molar refractivity (Wildman–Crippen MR) is 151 cm³/mol. The topological polar surface area (TPSA) is 48.0 Å². The lowest BCUT2D eigenvalue weighted by molar-refractivity contribution is -0.175. The second-order valence-electron chi connectivity index (χ2n) is 12.1. The number of carbonyl (C=O) groups is 1. The number of hydrogen-bond acceptors (Lipinski definition) is 4. The van der Waals surface area contributed by atoms with E-state index in [-0.39, 0.29) is 23.0 Å². The molecule has 0 saturated heterocycles. The molecule has 0 bridgehead atoms. The Kier molecular flexibility index (Phi) is 13.2. The van der Waals surface area contributed by atoms with Gasteiger partial charge in [0, 0.05) is 7.05 Å². The Labute approximate surface area is 213 Å². The summed E-state index contributed by atoms with van der Waals surface area (Å²) in [5, 5.41) is 1.49. The van der Waals surface area contributed by atoms with Crippen molar-refractivity contribution in [1.29, 1.82) is 0 Å². The Morgan fingerprint density at radius 2 is 1.44 bits per heavy atom. The molecule has 0 N–H and O–H groups in total. The van der Waals surface area contributed by atoms with Crippen molar-refractivity contribution < 1.29 is 18.5 Å². The van der Waals surface area contributed by atoms with Gasteiger partial charge in [-0.25, -0.2) is 5.06 Å². The van der Waals surface area contributed by atoms with Crippen LogP contribution in [0.15, 0.2) is 23.8 Å². The predicted octanol–water partition coefficient (Wildman–Crippen LogP) is 7.73. The highest BCUT2D eigenvalue weighted by molar-refractivity contribution is 6.77. The van der Waals surface area contributed by atoms with Gasteiger partial charge in [0.25, 0.3) is 5.91 Å². The summed E-state index contributed by atoms with van der Waals surface area (Å²) in [5.41, 5.74) is 2.40. The minimum absolute atomic E-state index is 0.0841. The molecule has 0 aliphatic heterocycles. The summed E-state index contributed by atoms with van der Waals surface area (Å²) in [5.74, 6) is -0.445. The molecular formula is C27H55NO4Si2. The molecule has 0 saturated carbocycles. The van der Waals surface area contributed by atoms with E-state index in [0.717, 1.165) is 5.57 Å². The van der Waals surface area contributed by atoms with E-state index in [1.807, 2.05) is 6.92 Å². The largest absolute Gasteiger partial charge is 0.413 e. The van der Waals surface area contributed by atoms with Crippen LogP contribution in [0.2, 0.25) is 34.8 Å². The van der Waals surface area contributed by atoms with Crippen LogP contribution in [-0.2, 0) is 18.5 Å². The van der Waals surface area contributed by atoms with E-state index in [1.165, 1.54) is 12.2 Å². The van der Waals surface area contributed by atoms with Gasteiger partial charge in [-0.2, -0.15) is 0 Å². The van der Waals surface area contributed by atoms with Crippen LogP contribution in [0.5, 0.6) is 0 Å². The molecule has 0 aromatic heterocycles. The maximum atomic E-state index is 13.0. The van der Waals surface area contributed by atoms with Crippen LogP contribution >= 0.6 is 0 Å².